The minimum absolute atomic E-state index is 0.244. The normalized spacial score (nSPS) is 10.9. The standard InChI is InChI=1S/C19H11Cl3N2O3/c20-11-1-4-13(5-2-11)25-10-14-6-8-17(26-14)19-23-18(24-27-19)15-7-3-12(21)9-16(15)22/h1-9H,10H2. The van der Waals surface area contributed by atoms with E-state index in [-0.39, 0.29) is 12.5 Å². The van der Waals surface area contributed by atoms with Crippen LogP contribution in [-0.2, 0) is 6.61 Å². The predicted octanol–water partition coefficient (Wildman–Crippen LogP) is 6.54. The van der Waals surface area contributed by atoms with Gasteiger partial charge in [-0.1, -0.05) is 40.0 Å². The van der Waals surface area contributed by atoms with Gasteiger partial charge >= 0.3 is 0 Å². The Bertz CT molecular complexity index is 1070. The number of benzene rings is 2. The van der Waals surface area contributed by atoms with Gasteiger partial charge in [-0.25, -0.2) is 0 Å². The Morgan fingerprint density at radius 3 is 2.44 bits per heavy atom. The quantitative estimate of drug-likeness (QED) is 0.366. The molecule has 0 N–H and O–H groups in total. The van der Waals surface area contributed by atoms with Crippen LogP contribution in [0.3, 0.4) is 0 Å². The van der Waals surface area contributed by atoms with E-state index in [2.05, 4.69) is 10.1 Å². The third kappa shape index (κ3) is 4.11. The lowest BCUT2D eigenvalue weighted by Crippen LogP contribution is -1.93. The molecule has 0 amide bonds. The molecular weight excluding hydrogens is 411 g/mol. The van der Waals surface area contributed by atoms with Crippen LogP contribution in [0, 0.1) is 0 Å². The molecule has 2 aromatic heterocycles. The van der Waals surface area contributed by atoms with Crippen LogP contribution >= 0.6 is 34.8 Å². The first-order valence-electron chi connectivity index (χ1n) is 7.85. The maximum atomic E-state index is 6.18. The Morgan fingerprint density at radius 1 is 0.889 bits per heavy atom. The van der Waals surface area contributed by atoms with E-state index < -0.39 is 0 Å². The van der Waals surface area contributed by atoms with Gasteiger partial charge in [-0.3, -0.25) is 0 Å². The SMILES string of the molecule is Clc1ccc(OCc2ccc(-c3nc(-c4ccc(Cl)cc4Cl)no3)o2)cc1. The first-order chi connectivity index (χ1) is 13.1. The molecule has 0 aliphatic carbocycles. The number of halogens is 3. The van der Waals surface area contributed by atoms with E-state index in [0.717, 1.165) is 0 Å². The zero-order valence-corrected chi connectivity index (χ0v) is 15.9. The number of nitrogens with zero attached hydrogens (tertiary/aromatic N) is 2. The highest BCUT2D eigenvalue weighted by Crippen LogP contribution is 2.30. The van der Waals surface area contributed by atoms with Crippen molar-refractivity contribution in [3.8, 4) is 28.8 Å². The van der Waals surface area contributed by atoms with Crippen molar-refractivity contribution >= 4 is 34.8 Å². The van der Waals surface area contributed by atoms with E-state index >= 15 is 0 Å². The molecular formula is C19H11Cl3N2O3. The average Bonchev–Trinajstić information content (AvgIpc) is 3.30. The van der Waals surface area contributed by atoms with Crippen molar-refractivity contribution in [3.63, 3.8) is 0 Å². The maximum Gasteiger partial charge on any atom is 0.293 e. The smallest absolute Gasteiger partial charge is 0.293 e. The Labute approximate surface area is 169 Å². The van der Waals surface area contributed by atoms with Crippen LogP contribution < -0.4 is 4.74 Å². The highest BCUT2D eigenvalue weighted by Gasteiger charge is 2.16. The van der Waals surface area contributed by atoms with E-state index in [0.29, 0.717) is 43.7 Å². The van der Waals surface area contributed by atoms with Gasteiger partial charge < -0.3 is 13.7 Å². The fourth-order valence-electron chi connectivity index (χ4n) is 2.36. The monoisotopic (exact) mass is 420 g/mol. The summed E-state index contributed by atoms with van der Waals surface area (Å²) in [5.74, 6) is 2.34. The van der Waals surface area contributed by atoms with E-state index in [4.69, 9.17) is 48.5 Å². The molecule has 0 aliphatic heterocycles. The van der Waals surface area contributed by atoms with Crippen molar-refractivity contribution in [1.29, 1.82) is 0 Å². The van der Waals surface area contributed by atoms with Gasteiger partial charge in [-0.15, -0.1) is 0 Å². The van der Waals surface area contributed by atoms with Gasteiger partial charge in [-0.05, 0) is 54.6 Å². The van der Waals surface area contributed by atoms with Crippen molar-refractivity contribution in [3.05, 3.63) is 75.4 Å². The zero-order valence-electron chi connectivity index (χ0n) is 13.7. The van der Waals surface area contributed by atoms with Crippen LogP contribution in [0.5, 0.6) is 5.75 Å². The molecule has 8 heteroatoms. The highest BCUT2D eigenvalue weighted by atomic mass is 35.5. The van der Waals surface area contributed by atoms with Crippen LogP contribution in [0.25, 0.3) is 23.0 Å². The third-order valence-electron chi connectivity index (χ3n) is 3.67. The molecule has 4 aromatic rings. The van der Waals surface area contributed by atoms with Gasteiger partial charge in [0.25, 0.3) is 5.89 Å². The molecule has 0 saturated heterocycles. The lowest BCUT2D eigenvalue weighted by Gasteiger charge is -2.03. The van der Waals surface area contributed by atoms with Crippen molar-refractivity contribution in [2.75, 3.05) is 0 Å². The van der Waals surface area contributed by atoms with Gasteiger partial charge in [0, 0.05) is 15.6 Å². The molecule has 0 unspecified atom stereocenters. The van der Waals surface area contributed by atoms with Crippen LogP contribution in [0.2, 0.25) is 15.1 Å². The summed E-state index contributed by atoms with van der Waals surface area (Å²) in [6.07, 6.45) is 0. The second-order valence-corrected chi connectivity index (χ2v) is 6.84. The average molecular weight is 422 g/mol. The second-order valence-electron chi connectivity index (χ2n) is 5.56. The molecule has 0 atom stereocenters. The summed E-state index contributed by atoms with van der Waals surface area (Å²) >= 11 is 17.9. The molecule has 0 fully saturated rings. The second kappa shape index (κ2) is 7.64. The predicted molar refractivity (Wildman–Crippen MR) is 103 cm³/mol. The van der Waals surface area contributed by atoms with Crippen molar-refractivity contribution < 1.29 is 13.7 Å². The topological polar surface area (TPSA) is 61.3 Å². The van der Waals surface area contributed by atoms with E-state index in [1.54, 1.807) is 54.6 Å². The minimum atomic E-state index is 0.244. The van der Waals surface area contributed by atoms with E-state index in [9.17, 15) is 0 Å². The van der Waals surface area contributed by atoms with Crippen LogP contribution in [0.15, 0.2) is 63.5 Å². The van der Waals surface area contributed by atoms with E-state index in [1.807, 2.05) is 0 Å². The van der Waals surface area contributed by atoms with Gasteiger partial charge in [0.1, 0.15) is 18.1 Å². The van der Waals surface area contributed by atoms with Crippen molar-refractivity contribution in [2.45, 2.75) is 6.61 Å². The van der Waals surface area contributed by atoms with Crippen LogP contribution in [-0.4, -0.2) is 10.1 Å². The maximum absolute atomic E-state index is 6.18. The van der Waals surface area contributed by atoms with Gasteiger partial charge in [-0.2, -0.15) is 4.98 Å². The summed E-state index contributed by atoms with van der Waals surface area (Å²) in [7, 11) is 0. The number of hydrogen-bond donors (Lipinski definition) is 0. The Morgan fingerprint density at radius 2 is 1.67 bits per heavy atom. The number of rotatable bonds is 5. The summed E-state index contributed by atoms with van der Waals surface area (Å²) < 4.78 is 16.6. The van der Waals surface area contributed by atoms with Gasteiger partial charge in [0.15, 0.2) is 5.76 Å². The fourth-order valence-corrected chi connectivity index (χ4v) is 2.98. The van der Waals surface area contributed by atoms with Gasteiger partial charge in [0.05, 0.1) is 5.02 Å². The highest BCUT2D eigenvalue weighted by molar-refractivity contribution is 6.36. The molecule has 4 rings (SSSR count). The zero-order chi connectivity index (χ0) is 18.8. The number of hydrogen-bond acceptors (Lipinski definition) is 5. The molecule has 2 aromatic carbocycles. The largest absolute Gasteiger partial charge is 0.486 e. The van der Waals surface area contributed by atoms with E-state index in [1.165, 1.54) is 0 Å². The molecule has 5 nitrogen and oxygen atoms in total. The summed E-state index contributed by atoms with van der Waals surface area (Å²) in [6.45, 7) is 0.256. The molecule has 0 spiro atoms. The summed E-state index contributed by atoms with van der Waals surface area (Å²) in [5, 5.41) is 5.56. The fraction of sp³-hybridized carbons (Fsp3) is 0.0526. The Balaban J connectivity index is 1.48. The van der Waals surface area contributed by atoms with Crippen molar-refractivity contribution in [1.82, 2.24) is 10.1 Å². The molecule has 136 valence electrons. The summed E-state index contributed by atoms with van der Waals surface area (Å²) in [4.78, 5) is 4.33. The lowest BCUT2D eigenvalue weighted by atomic mass is 10.2. The molecule has 0 aliphatic rings. The Kier molecular flexibility index (Phi) is 5.07. The molecule has 27 heavy (non-hydrogen) atoms. The van der Waals surface area contributed by atoms with Crippen LogP contribution in [0.4, 0.5) is 0 Å². The molecule has 0 bridgehead atoms. The Hall–Kier alpha value is -2.47. The molecule has 0 saturated carbocycles. The lowest BCUT2D eigenvalue weighted by molar-refractivity contribution is 0.270. The van der Waals surface area contributed by atoms with Gasteiger partial charge in [0.2, 0.25) is 5.82 Å². The number of furan rings is 1. The molecule has 0 radical (unpaired) electrons. The first kappa shape index (κ1) is 17.9. The number of ether oxygens (including phenoxy) is 1. The molecule has 2 heterocycles. The van der Waals surface area contributed by atoms with Crippen LogP contribution in [0.1, 0.15) is 5.76 Å². The minimum Gasteiger partial charge on any atom is -0.486 e. The third-order valence-corrected chi connectivity index (χ3v) is 4.47. The number of aromatic nitrogens is 2. The van der Waals surface area contributed by atoms with Crippen molar-refractivity contribution in [2.24, 2.45) is 0 Å². The summed E-state index contributed by atoms with van der Waals surface area (Å²) in [5.41, 5.74) is 0.619. The first-order valence-corrected chi connectivity index (χ1v) is 8.98. The summed E-state index contributed by atoms with van der Waals surface area (Å²) in [6, 6.07) is 15.7.